The number of hydrogen-bond acceptors (Lipinski definition) is 4. The summed E-state index contributed by atoms with van der Waals surface area (Å²) in [6, 6.07) is 13.5. The van der Waals surface area contributed by atoms with E-state index < -0.39 is 11.8 Å². The molecule has 1 N–H and O–H groups in total. The molecular weight excluding hydrogens is 399 g/mol. The van der Waals surface area contributed by atoms with E-state index in [4.69, 9.17) is 35.4 Å². The second kappa shape index (κ2) is 7.58. The van der Waals surface area contributed by atoms with Crippen LogP contribution >= 0.6 is 47.2 Å². The molecule has 0 aliphatic carbocycles. The van der Waals surface area contributed by atoms with Crippen molar-refractivity contribution in [3.05, 3.63) is 74.6 Å². The van der Waals surface area contributed by atoms with E-state index in [9.17, 15) is 9.59 Å². The van der Waals surface area contributed by atoms with E-state index in [1.54, 1.807) is 42.5 Å². The van der Waals surface area contributed by atoms with Crippen LogP contribution in [0.2, 0.25) is 10.0 Å². The maximum atomic E-state index is 12.5. The van der Waals surface area contributed by atoms with Gasteiger partial charge in [-0.15, -0.1) is 0 Å². The van der Waals surface area contributed by atoms with Crippen molar-refractivity contribution in [3.63, 3.8) is 0 Å². The smallest absolute Gasteiger partial charge is 0.267 e. The summed E-state index contributed by atoms with van der Waals surface area (Å²) in [6.07, 6.45) is 1.68. The van der Waals surface area contributed by atoms with Gasteiger partial charge in [0.1, 0.15) is 0 Å². The number of halogens is 2. The Morgan fingerprint density at radius 3 is 2.48 bits per heavy atom. The highest BCUT2D eigenvalue weighted by Crippen LogP contribution is 2.31. The molecule has 1 heterocycles. The van der Waals surface area contributed by atoms with Crippen LogP contribution in [0.15, 0.2) is 53.4 Å². The van der Waals surface area contributed by atoms with Gasteiger partial charge >= 0.3 is 0 Å². The van der Waals surface area contributed by atoms with Gasteiger partial charge in [-0.1, -0.05) is 53.2 Å². The SMILES string of the molecule is O=C(NN1C(=O)/C(=C/c2cccc(Cl)c2)SC1=S)c1cccc(Cl)c1. The Morgan fingerprint density at radius 1 is 1.12 bits per heavy atom. The highest BCUT2D eigenvalue weighted by molar-refractivity contribution is 8.26. The molecule has 4 nitrogen and oxygen atoms in total. The third-order valence-corrected chi connectivity index (χ3v) is 5.01. The second-order valence-electron chi connectivity index (χ2n) is 5.02. The Labute approximate surface area is 163 Å². The zero-order valence-corrected chi connectivity index (χ0v) is 15.7. The van der Waals surface area contributed by atoms with Crippen molar-refractivity contribution in [2.24, 2.45) is 0 Å². The molecule has 0 atom stereocenters. The molecule has 0 unspecified atom stereocenters. The molecule has 0 bridgehead atoms. The minimum Gasteiger partial charge on any atom is -0.267 e. The van der Waals surface area contributed by atoms with Crippen molar-refractivity contribution in [2.45, 2.75) is 0 Å². The number of carbonyl (C=O) groups is 2. The van der Waals surface area contributed by atoms with Crippen LogP contribution in [0.1, 0.15) is 15.9 Å². The minimum absolute atomic E-state index is 0.244. The third kappa shape index (κ3) is 4.22. The van der Waals surface area contributed by atoms with Gasteiger partial charge in [-0.25, -0.2) is 0 Å². The number of nitrogens with zero attached hydrogens (tertiary/aromatic N) is 1. The van der Waals surface area contributed by atoms with Crippen LogP contribution in [0, 0.1) is 0 Å². The topological polar surface area (TPSA) is 49.4 Å². The standard InChI is InChI=1S/C17H10Cl2N2O2S2/c18-12-5-1-3-10(7-12)8-14-16(23)21(17(24)25-14)20-15(22)11-4-2-6-13(19)9-11/h1-9H,(H,20,22)/b14-8-. The second-order valence-corrected chi connectivity index (χ2v) is 7.57. The average molecular weight is 409 g/mol. The van der Waals surface area contributed by atoms with Gasteiger partial charge in [0.25, 0.3) is 11.8 Å². The molecule has 2 aromatic carbocycles. The van der Waals surface area contributed by atoms with E-state index in [1.807, 2.05) is 6.07 Å². The molecule has 3 rings (SSSR count). The first-order chi connectivity index (χ1) is 11.9. The number of rotatable bonds is 3. The lowest BCUT2D eigenvalue weighted by Gasteiger charge is -2.15. The Balaban J connectivity index is 1.78. The Morgan fingerprint density at radius 2 is 1.80 bits per heavy atom. The fourth-order valence-corrected chi connectivity index (χ4v) is 3.68. The maximum absolute atomic E-state index is 12.5. The van der Waals surface area contributed by atoms with Gasteiger partial charge < -0.3 is 0 Å². The van der Waals surface area contributed by atoms with Crippen molar-refractivity contribution < 1.29 is 9.59 Å². The average Bonchev–Trinajstić information content (AvgIpc) is 2.82. The van der Waals surface area contributed by atoms with Crippen LogP contribution in [0.5, 0.6) is 0 Å². The molecule has 1 aliphatic heterocycles. The summed E-state index contributed by atoms with van der Waals surface area (Å²) in [4.78, 5) is 25.2. The molecule has 0 saturated carbocycles. The number of thiocarbonyl (C=S) groups is 1. The predicted octanol–water partition coefficient (Wildman–Crippen LogP) is 4.54. The summed E-state index contributed by atoms with van der Waals surface area (Å²) in [5.74, 6) is -0.867. The lowest BCUT2D eigenvalue weighted by molar-refractivity contribution is -0.123. The van der Waals surface area contributed by atoms with Crippen molar-refractivity contribution in [3.8, 4) is 0 Å². The molecule has 0 aromatic heterocycles. The van der Waals surface area contributed by atoms with E-state index in [1.165, 1.54) is 6.07 Å². The molecule has 126 valence electrons. The summed E-state index contributed by atoms with van der Waals surface area (Å²) in [5, 5.41) is 2.05. The first-order valence-corrected chi connectivity index (χ1v) is 9.02. The van der Waals surface area contributed by atoms with Gasteiger partial charge in [0.15, 0.2) is 4.32 Å². The van der Waals surface area contributed by atoms with Gasteiger partial charge in [0, 0.05) is 15.6 Å². The minimum atomic E-state index is -0.470. The highest BCUT2D eigenvalue weighted by Gasteiger charge is 2.33. The van der Waals surface area contributed by atoms with Crippen LogP contribution in [-0.2, 0) is 4.79 Å². The van der Waals surface area contributed by atoms with Crippen LogP contribution in [0.3, 0.4) is 0 Å². The fourth-order valence-electron chi connectivity index (χ4n) is 2.11. The molecule has 2 amide bonds. The first kappa shape index (κ1) is 17.9. The first-order valence-electron chi connectivity index (χ1n) is 7.04. The number of hydrogen-bond donors (Lipinski definition) is 1. The largest absolute Gasteiger partial charge is 0.285 e. The molecule has 25 heavy (non-hydrogen) atoms. The molecule has 1 fully saturated rings. The summed E-state index contributed by atoms with van der Waals surface area (Å²) < 4.78 is 0.244. The van der Waals surface area contributed by atoms with E-state index in [-0.39, 0.29) is 4.32 Å². The number of benzene rings is 2. The zero-order valence-electron chi connectivity index (χ0n) is 12.5. The van der Waals surface area contributed by atoms with Crippen molar-refractivity contribution in [2.75, 3.05) is 0 Å². The fraction of sp³-hybridized carbons (Fsp3) is 0. The maximum Gasteiger partial charge on any atom is 0.285 e. The molecule has 2 aromatic rings. The lowest BCUT2D eigenvalue weighted by Crippen LogP contribution is -2.44. The Hall–Kier alpha value is -1.86. The van der Waals surface area contributed by atoms with E-state index >= 15 is 0 Å². The normalized spacial score (nSPS) is 15.8. The molecule has 1 aliphatic rings. The van der Waals surface area contributed by atoms with Crippen molar-refractivity contribution in [1.82, 2.24) is 10.4 Å². The zero-order chi connectivity index (χ0) is 18.0. The summed E-state index contributed by atoms with van der Waals surface area (Å²) >= 11 is 18.1. The monoisotopic (exact) mass is 408 g/mol. The van der Waals surface area contributed by atoms with E-state index in [2.05, 4.69) is 5.43 Å². The van der Waals surface area contributed by atoms with Gasteiger partial charge in [-0.3, -0.25) is 15.0 Å². The quantitative estimate of drug-likeness (QED) is 0.598. The predicted molar refractivity (Wildman–Crippen MR) is 105 cm³/mol. The number of nitrogens with one attached hydrogen (secondary N) is 1. The number of hydrazine groups is 1. The van der Waals surface area contributed by atoms with Crippen molar-refractivity contribution in [1.29, 1.82) is 0 Å². The summed E-state index contributed by atoms with van der Waals surface area (Å²) in [6.45, 7) is 0. The third-order valence-electron chi connectivity index (χ3n) is 3.24. The molecule has 8 heteroatoms. The van der Waals surface area contributed by atoms with E-state index in [0.29, 0.717) is 20.5 Å². The summed E-state index contributed by atoms with van der Waals surface area (Å²) in [7, 11) is 0. The van der Waals surface area contributed by atoms with E-state index in [0.717, 1.165) is 22.3 Å². The number of thioether (sulfide) groups is 1. The van der Waals surface area contributed by atoms with Crippen molar-refractivity contribution >= 4 is 69.4 Å². The van der Waals surface area contributed by atoms with Gasteiger partial charge in [0.05, 0.1) is 4.91 Å². The highest BCUT2D eigenvalue weighted by atomic mass is 35.5. The van der Waals surface area contributed by atoms with Gasteiger partial charge in [-0.05, 0) is 54.2 Å². The number of carbonyl (C=O) groups excluding carboxylic acids is 2. The van der Waals surface area contributed by atoms with Crippen LogP contribution in [-0.4, -0.2) is 21.1 Å². The lowest BCUT2D eigenvalue weighted by atomic mass is 10.2. The van der Waals surface area contributed by atoms with Gasteiger partial charge in [-0.2, -0.15) is 5.01 Å². The number of amides is 2. The van der Waals surface area contributed by atoms with Crippen LogP contribution < -0.4 is 5.43 Å². The Bertz CT molecular complexity index is 915. The Kier molecular flexibility index (Phi) is 5.44. The molecular formula is C17H10Cl2N2O2S2. The van der Waals surface area contributed by atoms with Crippen LogP contribution in [0.4, 0.5) is 0 Å². The molecule has 1 saturated heterocycles. The molecule has 0 radical (unpaired) electrons. The molecule has 0 spiro atoms. The summed E-state index contributed by atoms with van der Waals surface area (Å²) in [5.41, 5.74) is 3.61. The van der Waals surface area contributed by atoms with Crippen LogP contribution in [0.25, 0.3) is 6.08 Å². The van der Waals surface area contributed by atoms with Gasteiger partial charge in [0.2, 0.25) is 0 Å².